The van der Waals surface area contributed by atoms with Gasteiger partial charge in [-0.3, -0.25) is 4.98 Å². The van der Waals surface area contributed by atoms with Gasteiger partial charge in [0.25, 0.3) is 0 Å². The van der Waals surface area contributed by atoms with Gasteiger partial charge in [-0.2, -0.15) is 13.2 Å². The zero-order valence-corrected chi connectivity index (χ0v) is 14.4. The number of nitrogens with one attached hydrogen (secondary N) is 1. The van der Waals surface area contributed by atoms with Crippen LogP contribution in [0.3, 0.4) is 0 Å². The third-order valence-corrected chi connectivity index (χ3v) is 4.87. The maximum absolute atomic E-state index is 12.3. The smallest absolute Gasteiger partial charge is 0.389 e. The molecule has 0 aromatic carbocycles. The lowest BCUT2D eigenvalue weighted by atomic mass is 10.1. The minimum Gasteiger partial charge on any atom is -0.598 e. The molecule has 0 aliphatic rings. The Bertz CT molecular complexity index is 501. The Hall–Kier alpha value is -0.790. The van der Waals surface area contributed by atoms with Crippen molar-refractivity contribution >= 4 is 11.4 Å². The number of aryl methyl sites for hydroxylation is 2. The van der Waals surface area contributed by atoms with Gasteiger partial charge >= 0.3 is 6.18 Å². The highest BCUT2D eigenvalue weighted by molar-refractivity contribution is 7.90. The lowest BCUT2D eigenvalue weighted by Crippen LogP contribution is -2.40. The van der Waals surface area contributed by atoms with Crippen molar-refractivity contribution in [1.29, 1.82) is 0 Å². The molecule has 1 aromatic heterocycles. The summed E-state index contributed by atoms with van der Waals surface area (Å²) in [7, 11) is 0. The van der Waals surface area contributed by atoms with Crippen LogP contribution in [0.5, 0.6) is 0 Å². The summed E-state index contributed by atoms with van der Waals surface area (Å²) in [5.41, 5.74) is 1.98. The number of hydrogen-bond acceptors (Lipinski definition) is 3. The van der Waals surface area contributed by atoms with Crippen molar-refractivity contribution in [2.75, 3.05) is 0 Å². The number of rotatable bonds is 5. The summed E-state index contributed by atoms with van der Waals surface area (Å²) in [6, 6.07) is 1.61. The Morgan fingerprint density at radius 2 is 1.91 bits per heavy atom. The summed E-state index contributed by atoms with van der Waals surface area (Å²) in [6.07, 6.45) is -3.62. The number of hydrogen-bond donors (Lipinski definition) is 1. The van der Waals surface area contributed by atoms with Gasteiger partial charge in [0.15, 0.2) is 0 Å². The first-order valence-corrected chi connectivity index (χ1v) is 8.25. The summed E-state index contributed by atoms with van der Waals surface area (Å²) < 4.78 is 51.5. The van der Waals surface area contributed by atoms with E-state index in [1.165, 1.54) is 0 Å². The van der Waals surface area contributed by atoms with Crippen LogP contribution in [-0.4, -0.2) is 20.5 Å². The molecule has 126 valence electrons. The van der Waals surface area contributed by atoms with Gasteiger partial charge in [-0.05, 0) is 52.2 Å². The molecule has 0 bridgehead atoms. The number of aromatic nitrogens is 1. The maximum Gasteiger partial charge on any atom is 0.389 e. The molecule has 1 aromatic rings. The molecule has 1 heterocycles. The molecule has 2 atom stereocenters. The van der Waals surface area contributed by atoms with E-state index in [4.69, 9.17) is 0 Å². The first kappa shape index (κ1) is 19.3. The van der Waals surface area contributed by atoms with Crippen molar-refractivity contribution in [1.82, 2.24) is 9.71 Å². The quantitative estimate of drug-likeness (QED) is 0.827. The molecule has 1 rings (SSSR count). The van der Waals surface area contributed by atoms with E-state index < -0.39 is 24.0 Å². The molecule has 0 aliphatic heterocycles. The van der Waals surface area contributed by atoms with E-state index in [2.05, 4.69) is 9.71 Å². The van der Waals surface area contributed by atoms with Crippen LogP contribution < -0.4 is 4.72 Å². The molecule has 0 spiro atoms. The Kier molecular flexibility index (Phi) is 6.29. The van der Waals surface area contributed by atoms with Crippen LogP contribution in [-0.2, 0) is 17.8 Å². The standard InChI is InChI=1S/C15H23F3N2OS/c1-10-8-12(11(2)20-22(21)14(3,4)5)9-19-13(10)6-7-15(16,17)18/h8-9,11,20H,6-7H2,1-5H3/t11-,22-/m1/s1. The zero-order valence-electron chi connectivity index (χ0n) is 13.5. The SMILES string of the molecule is Cc1cc([C@@H](C)N[S@+]([O-])C(C)(C)C)cnc1CCC(F)(F)F. The van der Waals surface area contributed by atoms with Crippen LogP contribution in [0.25, 0.3) is 0 Å². The van der Waals surface area contributed by atoms with Gasteiger partial charge in [-0.1, -0.05) is 6.07 Å². The topological polar surface area (TPSA) is 48.0 Å². The average Bonchev–Trinajstić information content (AvgIpc) is 2.34. The third kappa shape index (κ3) is 6.14. The van der Waals surface area contributed by atoms with E-state index in [-0.39, 0.29) is 17.2 Å². The Labute approximate surface area is 133 Å². The minimum absolute atomic E-state index is 0.120. The maximum atomic E-state index is 12.3. The second-order valence-electron chi connectivity index (χ2n) is 6.37. The van der Waals surface area contributed by atoms with Crippen molar-refractivity contribution in [3.8, 4) is 0 Å². The van der Waals surface area contributed by atoms with Crippen LogP contribution in [0.4, 0.5) is 13.2 Å². The summed E-state index contributed by atoms with van der Waals surface area (Å²) in [5, 5.41) is 0. The zero-order chi connectivity index (χ0) is 17.1. The van der Waals surface area contributed by atoms with Crippen LogP contribution in [0.15, 0.2) is 12.3 Å². The Balaban J connectivity index is 2.76. The number of alkyl halides is 3. The minimum atomic E-state index is -4.18. The number of pyridine rings is 1. The average molecular weight is 336 g/mol. The second-order valence-corrected chi connectivity index (χ2v) is 8.37. The first-order chi connectivity index (χ1) is 9.90. The monoisotopic (exact) mass is 336 g/mol. The van der Waals surface area contributed by atoms with Crippen molar-refractivity contribution in [2.45, 2.75) is 64.4 Å². The van der Waals surface area contributed by atoms with Crippen molar-refractivity contribution in [2.24, 2.45) is 0 Å². The Morgan fingerprint density at radius 1 is 1.32 bits per heavy atom. The van der Waals surface area contributed by atoms with Gasteiger partial charge < -0.3 is 4.55 Å². The van der Waals surface area contributed by atoms with E-state index in [1.807, 2.05) is 27.7 Å². The van der Waals surface area contributed by atoms with Gasteiger partial charge in [-0.25, -0.2) is 0 Å². The van der Waals surface area contributed by atoms with Crippen molar-refractivity contribution < 1.29 is 17.7 Å². The summed E-state index contributed by atoms with van der Waals surface area (Å²) >= 11 is -1.22. The van der Waals surface area contributed by atoms with Gasteiger partial charge in [-0.15, -0.1) is 4.72 Å². The predicted octanol–water partition coefficient (Wildman–Crippen LogP) is 4.00. The molecule has 0 amide bonds. The van der Waals surface area contributed by atoms with Gasteiger partial charge in [0.2, 0.25) is 0 Å². The molecule has 0 radical (unpaired) electrons. The first-order valence-electron chi connectivity index (χ1n) is 7.10. The highest BCUT2D eigenvalue weighted by Crippen LogP contribution is 2.24. The van der Waals surface area contributed by atoms with Gasteiger partial charge in [0.1, 0.15) is 4.75 Å². The molecule has 0 unspecified atom stereocenters. The Morgan fingerprint density at radius 3 is 2.36 bits per heavy atom. The molecular formula is C15H23F3N2OS. The molecule has 1 N–H and O–H groups in total. The third-order valence-electron chi connectivity index (χ3n) is 3.19. The highest BCUT2D eigenvalue weighted by atomic mass is 32.2. The molecule has 7 heteroatoms. The molecular weight excluding hydrogens is 313 g/mol. The lowest BCUT2D eigenvalue weighted by Gasteiger charge is -2.26. The number of halogens is 3. The normalized spacial score (nSPS) is 15.7. The summed E-state index contributed by atoms with van der Waals surface area (Å²) in [5.74, 6) is 0. The fraction of sp³-hybridized carbons (Fsp3) is 0.667. The summed E-state index contributed by atoms with van der Waals surface area (Å²) in [6.45, 7) is 9.21. The largest absolute Gasteiger partial charge is 0.598 e. The molecule has 0 saturated heterocycles. The van der Waals surface area contributed by atoms with E-state index in [9.17, 15) is 17.7 Å². The van der Waals surface area contributed by atoms with Crippen LogP contribution in [0, 0.1) is 6.92 Å². The summed E-state index contributed by atoms with van der Waals surface area (Å²) in [4.78, 5) is 4.13. The van der Waals surface area contributed by atoms with Gasteiger partial charge in [0, 0.05) is 29.7 Å². The van der Waals surface area contributed by atoms with E-state index >= 15 is 0 Å². The van der Waals surface area contributed by atoms with E-state index in [0.717, 1.165) is 11.1 Å². The molecule has 0 saturated carbocycles. The molecule has 3 nitrogen and oxygen atoms in total. The van der Waals surface area contributed by atoms with Gasteiger partial charge in [0.05, 0.1) is 6.04 Å². The van der Waals surface area contributed by atoms with Crippen molar-refractivity contribution in [3.05, 3.63) is 29.1 Å². The molecule has 0 aliphatic carbocycles. The highest BCUT2D eigenvalue weighted by Gasteiger charge is 2.29. The van der Waals surface area contributed by atoms with Crippen molar-refractivity contribution in [3.63, 3.8) is 0 Å². The number of nitrogens with zero attached hydrogens (tertiary/aromatic N) is 1. The fourth-order valence-electron chi connectivity index (χ4n) is 1.79. The van der Waals surface area contributed by atoms with E-state index in [0.29, 0.717) is 5.69 Å². The second kappa shape index (κ2) is 7.19. The molecule has 22 heavy (non-hydrogen) atoms. The fourth-order valence-corrected chi connectivity index (χ4v) is 2.60. The van der Waals surface area contributed by atoms with Crippen LogP contribution >= 0.6 is 0 Å². The van der Waals surface area contributed by atoms with Crippen LogP contribution in [0.1, 0.15) is 57.0 Å². The molecule has 0 fully saturated rings. The lowest BCUT2D eigenvalue weighted by molar-refractivity contribution is -0.134. The van der Waals surface area contributed by atoms with Crippen LogP contribution in [0.2, 0.25) is 0 Å². The predicted molar refractivity (Wildman–Crippen MR) is 82.8 cm³/mol. The van der Waals surface area contributed by atoms with E-state index in [1.54, 1.807) is 19.2 Å².